The standard InChI is InChI=1S/C23H27FN2O2/c1-3-13-25(2)22(27)15-18-5-4-6-21(14-18)26(23(28)19-9-10-19)16-17-7-11-20(24)12-8-17/h4-8,11-12,14,19H,3,9-10,13,15-16H2,1-2H3. The third-order valence-electron chi connectivity index (χ3n) is 5.01. The van der Waals surface area contributed by atoms with E-state index in [1.54, 1.807) is 21.9 Å². The third-order valence-corrected chi connectivity index (χ3v) is 5.01. The fraction of sp³-hybridized carbons (Fsp3) is 0.391. The minimum absolute atomic E-state index is 0.0672. The van der Waals surface area contributed by atoms with Crippen LogP contribution in [-0.2, 0) is 22.6 Å². The highest BCUT2D eigenvalue weighted by molar-refractivity contribution is 5.96. The van der Waals surface area contributed by atoms with Crippen LogP contribution in [0.4, 0.5) is 10.1 Å². The molecule has 0 atom stereocenters. The van der Waals surface area contributed by atoms with Gasteiger partial charge < -0.3 is 9.80 Å². The molecule has 148 valence electrons. The Morgan fingerprint density at radius 3 is 2.43 bits per heavy atom. The summed E-state index contributed by atoms with van der Waals surface area (Å²) in [4.78, 5) is 28.7. The van der Waals surface area contributed by atoms with Crippen molar-refractivity contribution in [1.82, 2.24) is 4.90 Å². The summed E-state index contributed by atoms with van der Waals surface area (Å²) in [6.45, 7) is 3.17. The minimum atomic E-state index is -0.291. The van der Waals surface area contributed by atoms with Gasteiger partial charge in [-0.1, -0.05) is 31.2 Å². The molecule has 2 amide bonds. The molecule has 3 rings (SSSR count). The molecule has 2 aromatic carbocycles. The molecular formula is C23H27FN2O2. The molecule has 0 saturated heterocycles. The van der Waals surface area contributed by atoms with Crippen LogP contribution in [0.1, 0.15) is 37.3 Å². The Labute approximate surface area is 166 Å². The number of carbonyl (C=O) groups is 2. The third kappa shape index (κ3) is 5.18. The van der Waals surface area contributed by atoms with Gasteiger partial charge in [-0.25, -0.2) is 4.39 Å². The lowest BCUT2D eigenvalue weighted by Crippen LogP contribution is -2.32. The molecular weight excluding hydrogens is 355 g/mol. The molecule has 2 aromatic rings. The van der Waals surface area contributed by atoms with Crippen LogP contribution in [0.2, 0.25) is 0 Å². The molecule has 0 N–H and O–H groups in total. The fourth-order valence-electron chi connectivity index (χ4n) is 3.22. The van der Waals surface area contributed by atoms with Crippen molar-refractivity contribution >= 4 is 17.5 Å². The fourth-order valence-corrected chi connectivity index (χ4v) is 3.22. The first-order chi connectivity index (χ1) is 13.5. The Kier molecular flexibility index (Phi) is 6.45. The molecule has 0 radical (unpaired) electrons. The zero-order valence-corrected chi connectivity index (χ0v) is 16.5. The lowest BCUT2D eigenvalue weighted by Gasteiger charge is -2.24. The van der Waals surface area contributed by atoms with Gasteiger partial charge in [0.25, 0.3) is 0 Å². The van der Waals surface area contributed by atoms with Crippen molar-refractivity contribution < 1.29 is 14.0 Å². The van der Waals surface area contributed by atoms with E-state index in [0.29, 0.717) is 13.0 Å². The first-order valence-corrected chi connectivity index (χ1v) is 9.86. The van der Waals surface area contributed by atoms with Gasteiger partial charge >= 0.3 is 0 Å². The van der Waals surface area contributed by atoms with Crippen LogP contribution in [0.5, 0.6) is 0 Å². The Balaban J connectivity index is 1.80. The summed E-state index contributed by atoms with van der Waals surface area (Å²) in [7, 11) is 1.81. The largest absolute Gasteiger partial charge is 0.345 e. The number of halogens is 1. The van der Waals surface area contributed by atoms with E-state index in [2.05, 4.69) is 0 Å². The van der Waals surface area contributed by atoms with Crippen LogP contribution >= 0.6 is 0 Å². The molecule has 0 heterocycles. The van der Waals surface area contributed by atoms with Crippen molar-refractivity contribution in [2.24, 2.45) is 5.92 Å². The van der Waals surface area contributed by atoms with Crippen molar-refractivity contribution in [2.45, 2.75) is 39.2 Å². The number of anilines is 1. The average Bonchev–Trinajstić information content (AvgIpc) is 3.53. The number of hydrogen-bond acceptors (Lipinski definition) is 2. The van der Waals surface area contributed by atoms with E-state index in [1.807, 2.05) is 38.2 Å². The highest BCUT2D eigenvalue weighted by Gasteiger charge is 2.34. The minimum Gasteiger partial charge on any atom is -0.345 e. The summed E-state index contributed by atoms with van der Waals surface area (Å²) in [5.41, 5.74) is 2.54. The lowest BCUT2D eigenvalue weighted by molar-refractivity contribution is -0.129. The highest BCUT2D eigenvalue weighted by Crippen LogP contribution is 2.33. The van der Waals surface area contributed by atoms with Gasteiger partial charge in [-0.2, -0.15) is 0 Å². The smallest absolute Gasteiger partial charge is 0.230 e. The second-order valence-corrected chi connectivity index (χ2v) is 7.49. The second-order valence-electron chi connectivity index (χ2n) is 7.49. The monoisotopic (exact) mass is 382 g/mol. The molecule has 5 heteroatoms. The predicted molar refractivity (Wildman–Crippen MR) is 108 cm³/mol. The van der Waals surface area contributed by atoms with E-state index in [4.69, 9.17) is 0 Å². The van der Waals surface area contributed by atoms with Crippen molar-refractivity contribution in [3.8, 4) is 0 Å². The first-order valence-electron chi connectivity index (χ1n) is 9.86. The summed E-state index contributed by atoms with van der Waals surface area (Å²) < 4.78 is 13.2. The Morgan fingerprint density at radius 2 is 1.79 bits per heavy atom. The number of rotatable bonds is 8. The van der Waals surface area contributed by atoms with Crippen LogP contribution in [-0.4, -0.2) is 30.3 Å². The Hall–Kier alpha value is -2.69. The molecule has 1 saturated carbocycles. The van der Waals surface area contributed by atoms with Gasteiger partial charge in [0.2, 0.25) is 11.8 Å². The van der Waals surface area contributed by atoms with Gasteiger partial charge in [0.15, 0.2) is 0 Å². The average molecular weight is 382 g/mol. The molecule has 0 aliphatic heterocycles. The van der Waals surface area contributed by atoms with Crippen molar-refractivity contribution in [3.63, 3.8) is 0 Å². The zero-order chi connectivity index (χ0) is 20.1. The van der Waals surface area contributed by atoms with Crippen LogP contribution in [0, 0.1) is 11.7 Å². The van der Waals surface area contributed by atoms with E-state index >= 15 is 0 Å². The van der Waals surface area contributed by atoms with Gasteiger partial charge in [-0.05, 0) is 54.7 Å². The maximum absolute atomic E-state index is 13.2. The maximum Gasteiger partial charge on any atom is 0.230 e. The van der Waals surface area contributed by atoms with Crippen LogP contribution < -0.4 is 4.90 Å². The van der Waals surface area contributed by atoms with E-state index < -0.39 is 0 Å². The molecule has 1 aliphatic carbocycles. The summed E-state index contributed by atoms with van der Waals surface area (Å²) in [6, 6.07) is 13.8. The SMILES string of the molecule is CCCN(C)C(=O)Cc1cccc(N(Cc2ccc(F)cc2)C(=O)C2CC2)c1. The van der Waals surface area contributed by atoms with Crippen molar-refractivity contribution in [3.05, 3.63) is 65.5 Å². The predicted octanol–water partition coefficient (Wildman–Crippen LogP) is 4.18. The number of nitrogens with zero attached hydrogens (tertiary/aromatic N) is 2. The van der Waals surface area contributed by atoms with Gasteiger partial charge in [0, 0.05) is 25.2 Å². The quantitative estimate of drug-likeness (QED) is 0.687. The molecule has 1 fully saturated rings. The zero-order valence-electron chi connectivity index (χ0n) is 16.5. The summed E-state index contributed by atoms with van der Waals surface area (Å²) in [5, 5.41) is 0. The number of likely N-dealkylation sites (N-methyl/N-ethyl adjacent to an activating group) is 1. The summed E-state index contributed by atoms with van der Waals surface area (Å²) in [6.07, 6.45) is 3.06. The van der Waals surface area contributed by atoms with E-state index in [9.17, 15) is 14.0 Å². The van der Waals surface area contributed by atoms with Gasteiger partial charge in [0.1, 0.15) is 5.82 Å². The molecule has 0 unspecified atom stereocenters. The Bertz CT molecular complexity index is 831. The van der Waals surface area contributed by atoms with Gasteiger partial charge in [-0.3, -0.25) is 9.59 Å². The topological polar surface area (TPSA) is 40.6 Å². The van der Waals surface area contributed by atoms with Crippen LogP contribution in [0.25, 0.3) is 0 Å². The normalized spacial score (nSPS) is 13.2. The summed E-state index contributed by atoms with van der Waals surface area (Å²) in [5.74, 6) is -0.0598. The van der Waals surface area contributed by atoms with E-state index in [1.165, 1.54) is 12.1 Å². The molecule has 4 nitrogen and oxygen atoms in total. The number of hydrogen-bond donors (Lipinski definition) is 0. The van der Waals surface area contributed by atoms with E-state index in [0.717, 1.165) is 42.6 Å². The molecule has 28 heavy (non-hydrogen) atoms. The molecule has 0 bridgehead atoms. The number of benzene rings is 2. The highest BCUT2D eigenvalue weighted by atomic mass is 19.1. The van der Waals surface area contributed by atoms with Gasteiger partial charge in [0.05, 0.1) is 13.0 Å². The maximum atomic E-state index is 13.2. The van der Waals surface area contributed by atoms with Gasteiger partial charge in [-0.15, -0.1) is 0 Å². The molecule has 0 aromatic heterocycles. The molecule has 0 spiro atoms. The van der Waals surface area contributed by atoms with Crippen LogP contribution in [0.15, 0.2) is 48.5 Å². The van der Waals surface area contributed by atoms with Crippen molar-refractivity contribution in [2.75, 3.05) is 18.5 Å². The lowest BCUT2D eigenvalue weighted by atomic mass is 10.1. The van der Waals surface area contributed by atoms with Crippen LogP contribution in [0.3, 0.4) is 0 Å². The van der Waals surface area contributed by atoms with E-state index in [-0.39, 0.29) is 23.5 Å². The van der Waals surface area contributed by atoms with Crippen molar-refractivity contribution in [1.29, 1.82) is 0 Å². The Morgan fingerprint density at radius 1 is 1.07 bits per heavy atom. The number of amides is 2. The molecule has 1 aliphatic rings. The number of carbonyl (C=O) groups excluding carboxylic acids is 2. The second kappa shape index (κ2) is 9.00. The summed E-state index contributed by atoms with van der Waals surface area (Å²) >= 11 is 0. The first kappa shape index (κ1) is 20.1.